The molecule has 0 saturated carbocycles. The topological polar surface area (TPSA) is 78.5 Å². The summed E-state index contributed by atoms with van der Waals surface area (Å²) >= 11 is 13.6. The van der Waals surface area contributed by atoms with Crippen molar-refractivity contribution in [3.8, 4) is 0 Å². The van der Waals surface area contributed by atoms with E-state index in [0.717, 1.165) is 32.5 Å². The molecule has 1 aliphatic heterocycles. The van der Waals surface area contributed by atoms with Crippen molar-refractivity contribution in [2.24, 2.45) is 0 Å². The molecule has 1 heterocycles. The summed E-state index contributed by atoms with van der Waals surface area (Å²) < 4.78 is 28.3. The van der Waals surface area contributed by atoms with E-state index in [1.54, 1.807) is 11.8 Å². The third-order valence-electron chi connectivity index (χ3n) is 5.17. The molecule has 0 aliphatic carbocycles. The highest BCUT2D eigenvalue weighted by Gasteiger charge is 2.29. The van der Waals surface area contributed by atoms with Crippen LogP contribution < -0.4 is 10.0 Å². The second-order valence-electron chi connectivity index (χ2n) is 7.51. The zero-order valence-electron chi connectivity index (χ0n) is 17.5. The fraction of sp³-hybridized carbons (Fsp3) is 0.650. The van der Waals surface area contributed by atoms with Crippen LogP contribution in [0.15, 0.2) is 23.1 Å². The Morgan fingerprint density at radius 1 is 1.30 bits per heavy atom. The van der Waals surface area contributed by atoms with Crippen molar-refractivity contribution in [1.82, 2.24) is 14.9 Å². The van der Waals surface area contributed by atoms with E-state index in [4.69, 9.17) is 23.2 Å². The number of carbonyl (C=O) groups excluding carboxylic acids is 1. The number of nitrogens with one attached hydrogen (secondary N) is 2. The molecule has 1 atom stereocenters. The van der Waals surface area contributed by atoms with Crippen molar-refractivity contribution in [3.63, 3.8) is 0 Å². The minimum Gasteiger partial charge on any atom is -0.352 e. The van der Waals surface area contributed by atoms with Gasteiger partial charge in [0.25, 0.3) is 0 Å². The van der Waals surface area contributed by atoms with E-state index in [2.05, 4.69) is 21.9 Å². The summed E-state index contributed by atoms with van der Waals surface area (Å²) in [6.45, 7) is 5.17. The van der Waals surface area contributed by atoms with Crippen LogP contribution in [0, 0.1) is 0 Å². The number of likely N-dealkylation sites (tertiary alicyclic amines) is 1. The Labute approximate surface area is 194 Å². The van der Waals surface area contributed by atoms with Crippen LogP contribution in [0.1, 0.15) is 39.0 Å². The number of rotatable bonds is 11. The van der Waals surface area contributed by atoms with Crippen LogP contribution in [0.2, 0.25) is 10.0 Å². The normalized spacial score (nSPS) is 17.1. The molecular weight excluding hydrogens is 465 g/mol. The zero-order chi connectivity index (χ0) is 22.1. The fourth-order valence-electron chi connectivity index (χ4n) is 3.40. The Bertz CT molecular complexity index is 800. The highest BCUT2D eigenvalue weighted by Crippen LogP contribution is 2.25. The third kappa shape index (κ3) is 7.88. The van der Waals surface area contributed by atoms with Gasteiger partial charge >= 0.3 is 0 Å². The summed E-state index contributed by atoms with van der Waals surface area (Å²) in [5.41, 5.74) is 0. The summed E-state index contributed by atoms with van der Waals surface area (Å²) in [6, 6.07) is 3.44. The van der Waals surface area contributed by atoms with Crippen molar-refractivity contribution < 1.29 is 13.2 Å². The molecule has 0 radical (unpaired) electrons. The van der Waals surface area contributed by atoms with Crippen LogP contribution in [0.4, 0.5) is 0 Å². The van der Waals surface area contributed by atoms with Crippen LogP contribution in [0.25, 0.3) is 0 Å². The molecule has 10 heteroatoms. The lowest BCUT2D eigenvalue weighted by Gasteiger charge is -2.33. The number of unbranched alkanes of at least 4 members (excludes halogenated alkanes) is 1. The molecule has 1 aromatic rings. The van der Waals surface area contributed by atoms with E-state index in [1.807, 2.05) is 6.26 Å². The van der Waals surface area contributed by atoms with Crippen LogP contribution in [-0.2, 0) is 14.8 Å². The molecular formula is C20H31Cl2N3O3S2. The van der Waals surface area contributed by atoms with Gasteiger partial charge in [-0.05, 0) is 62.4 Å². The number of hydrogen-bond acceptors (Lipinski definition) is 5. The van der Waals surface area contributed by atoms with Gasteiger partial charge in [0.05, 0.1) is 5.02 Å². The monoisotopic (exact) mass is 495 g/mol. The molecule has 1 unspecified atom stereocenters. The lowest BCUT2D eigenvalue weighted by Crippen LogP contribution is -2.52. The average Bonchev–Trinajstić information content (AvgIpc) is 2.72. The fourth-order valence-corrected chi connectivity index (χ4v) is 5.86. The lowest BCUT2D eigenvalue weighted by molar-refractivity contribution is -0.123. The van der Waals surface area contributed by atoms with Crippen molar-refractivity contribution in [2.75, 3.05) is 31.6 Å². The number of nitrogens with zero attached hydrogens (tertiary/aromatic N) is 1. The maximum Gasteiger partial charge on any atom is 0.242 e. The van der Waals surface area contributed by atoms with E-state index in [9.17, 15) is 13.2 Å². The van der Waals surface area contributed by atoms with E-state index in [1.165, 1.54) is 31.0 Å². The number of amides is 1. The van der Waals surface area contributed by atoms with Gasteiger partial charge in [-0.25, -0.2) is 8.42 Å². The first-order valence-corrected chi connectivity index (χ1v) is 13.9. The third-order valence-corrected chi connectivity index (χ3v) is 8.00. The Kier molecular flexibility index (Phi) is 10.7. The molecule has 170 valence electrons. The molecule has 0 aromatic heterocycles. The van der Waals surface area contributed by atoms with E-state index >= 15 is 0 Å². The molecule has 1 amide bonds. The Morgan fingerprint density at radius 2 is 2.00 bits per heavy atom. The number of hydrogen-bond donors (Lipinski definition) is 2. The predicted octanol–water partition coefficient (Wildman–Crippen LogP) is 3.77. The number of sulfonamides is 1. The van der Waals surface area contributed by atoms with E-state index < -0.39 is 16.1 Å². The highest BCUT2D eigenvalue weighted by atomic mass is 35.5. The van der Waals surface area contributed by atoms with Gasteiger partial charge in [-0.1, -0.05) is 36.5 Å². The van der Waals surface area contributed by atoms with Gasteiger partial charge in [0.1, 0.15) is 10.9 Å². The zero-order valence-corrected chi connectivity index (χ0v) is 20.6. The molecule has 6 nitrogen and oxygen atoms in total. The van der Waals surface area contributed by atoms with Crippen LogP contribution >= 0.6 is 35.0 Å². The van der Waals surface area contributed by atoms with E-state index in [-0.39, 0.29) is 26.9 Å². The summed E-state index contributed by atoms with van der Waals surface area (Å²) in [7, 11) is -3.99. The SMILES string of the molecule is CCCCN1CCC(NC(=O)C(CCSC)NS(=O)(=O)c2cc(Cl)ccc2Cl)CC1. The molecule has 2 rings (SSSR count). The van der Waals surface area contributed by atoms with Gasteiger partial charge in [0.2, 0.25) is 15.9 Å². The molecule has 1 saturated heterocycles. The molecule has 0 spiro atoms. The van der Waals surface area contributed by atoms with Crippen molar-refractivity contribution in [3.05, 3.63) is 28.2 Å². The number of thioether (sulfide) groups is 1. The Hall–Kier alpha value is -0.510. The lowest BCUT2D eigenvalue weighted by atomic mass is 10.0. The van der Waals surface area contributed by atoms with Crippen molar-refractivity contribution in [2.45, 2.75) is 56.0 Å². The number of halogens is 2. The maximum absolute atomic E-state index is 12.9. The summed E-state index contributed by atoms with van der Waals surface area (Å²) in [4.78, 5) is 15.2. The van der Waals surface area contributed by atoms with Gasteiger partial charge in [0.15, 0.2) is 0 Å². The maximum atomic E-state index is 12.9. The summed E-state index contributed by atoms with van der Waals surface area (Å²) in [5, 5.41) is 3.37. The summed E-state index contributed by atoms with van der Waals surface area (Å²) in [5.74, 6) is 0.358. The predicted molar refractivity (Wildman–Crippen MR) is 126 cm³/mol. The smallest absolute Gasteiger partial charge is 0.242 e. The molecule has 1 aromatic carbocycles. The van der Waals surface area contributed by atoms with Gasteiger partial charge in [-0.2, -0.15) is 16.5 Å². The first-order chi connectivity index (χ1) is 14.3. The number of carbonyl (C=O) groups is 1. The standard InChI is InChI=1S/C20H31Cl2N3O3S2/c1-3-4-10-25-11-7-16(8-12-25)23-20(26)18(9-13-29-2)24-30(27,28)19-14-15(21)5-6-17(19)22/h5-6,14,16,18,24H,3-4,7-13H2,1-2H3,(H,23,26). The number of piperidine rings is 1. The van der Waals surface area contributed by atoms with Crippen molar-refractivity contribution in [1.29, 1.82) is 0 Å². The van der Waals surface area contributed by atoms with Gasteiger partial charge < -0.3 is 10.2 Å². The van der Waals surface area contributed by atoms with Gasteiger partial charge in [0, 0.05) is 24.2 Å². The quantitative estimate of drug-likeness (QED) is 0.488. The molecule has 1 fully saturated rings. The van der Waals surface area contributed by atoms with Crippen LogP contribution in [0.5, 0.6) is 0 Å². The highest BCUT2D eigenvalue weighted by molar-refractivity contribution is 7.98. The second kappa shape index (κ2) is 12.5. The minimum absolute atomic E-state index is 0.0615. The van der Waals surface area contributed by atoms with Gasteiger partial charge in [-0.15, -0.1) is 0 Å². The minimum atomic E-state index is -3.99. The first kappa shape index (κ1) is 25.7. The van der Waals surface area contributed by atoms with Crippen molar-refractivity contribution >= 4 is 50.9 Å². The van der Waals surface area contributed by atoms with Crippen LogP contribution in [-0.4, -0.2) is 63.0 Å². The first-order valence-electron chi connectivity index (χ1n) is 10.3. The number of benzene rings is 1. The molecule has 30 heavy (non-hydrogen) atoms. The van der Waals surface area contributed by atoms with Crippen LogP contribution in [0.3, 0.4) is 0 Å². The molecule has 1 aliphatic rings. The average molecular weight is 497 g/mol. The van der Waals surface area contributed by atoms with E-state index in [0.29, 0.717) is 12.2 Å². The Balaban J connectivity index is 2.02. The summed E-state index contributed by atoms with van der Waals surface area (Å²) in [6.07, 6.45) is 6.41. The Morgan fingerprint density at radius 3 is 2.63 bits per heavy atom. The molecule has 0 bridgehead atoms. The second-order valence-corrected chi connectivity index (χ2v) is 11.0. The largest absolute Gasteiger partial charge is 0.352 e. The van der Waals surface area contributed by atoms with Gasteiger partial charge in [-0.3, -0.25) is 4.79 Å². The molecule has 2 N–H and O–H groups in total.